The number of pyridine rings is 2. The fourth-order valence-electron chi connectivity index (χ4n) is 4.20. The Bertz CT molecular complexity index is 1000. The van der Waals surface area contributed by atoms with E-state index in [0.29, 0.717) is 25.2 Å². The standard InChI is InChI=1S/C21H24N6O2/c28-20(26-7-3-21(4-8-26)14-23-6-9-29-21)17-10-18-19(24-12-17)27(15-25-18)13-16-2-1-5-22-11-16/h1-2,5,10-12,15,23H,3-4,6-9,13-14H2. The number of fused-ring (bicyclic) bond motifs is 1. The van der Waals surface area contributed by atoms with E-state index in [1.165, 1.54) is 0 Å². The number of hydrogen-bond acceptors (Lipinski definition) is 6. The summed E-state index contributed by atoms with van der Waals surface area (Å²) in [6.45, 7) is 4.57. The number of rotatable bonds is 3. The van der Waals surface area contributed by atoms with Crippen molar-refractivity contribution in [2.45, 2.75) is 25.0 Å². The van der Waals surface area contributed by atoms with Crippen molar-refractivity contribution in [3.63, 3.8) is 0 Å². The Hall–Kier alpha value is -2.84. The van der Waals surface area contributed by atoms with Crippen LogP contribution in [0, 0.1) is 0 Å². The third kappa shape index (κ3) is 3.61. The average Bonchev–Trinajstić information content (AvgIpc) is 3.17. The SMILES string of the molecule is O=C(c1cnc2c(c1)ncn2Cc1cccnc1)N1CCC2(CC1)CNCCO2. The summed E-state index contributed by atoms with van der Waals surface area (Å²) in [5, 5.41) is 3.41. The van der Waals surface area contributed by atoms with Crippen molar-refractivity contribution < 1.29 is 9.53 Å². The van der Waals surface area contributed by atoms with Crippen molar-refractivity contribution in [3.05, 3.63) is 54.2 Å². The van der Waals surface area contributed by atoms with E-state index >= 15 is 0 Å². The maximum atomic E-state index is 13.0. The molecule has 0 atom stereocenters. The lowest BCUT2D eigenvalue weighted by molar-refractivity contribution is -0.0954. The average molecular weight is 392 g/mol. The van der Waals surface area contributed by atoms with Gasteiger partial charge in [-0.25, -0.2) is 9.97 Å². The molecule has 2 fully saturated rings. The van der Waals surface area contributed by atoms with Crippen LogP contribution in [0.3, 0.4) is 0 Å². The van der Waals surface area contributed by atoms with Crippen LogP contribution in [0.15, 0.2) is 43.1 Å². The molecule has 150 valence electrons. The molecule has 0 aromatic carbocycles. The first-order valence-electron chi connectivity index (χ1n) is 10.1. The molecule has 1 spiro atoms. The fraction of sp³-hybridized carbons (Fsp3) is 0.429. The van der Waals surface area contributed by atoms with Gasteiger partial charge in [-0.05, 0) is 30.5 Å². The molecule has 1 amide bonds. The number of imidazole rings is 1. The van der Waals surface area contributed by atoms with E-state index in [1.807, 2.05) is 33.9 Å². The number of hydrogen-bond donors (Lipinski definition) is 1. The van der Waals surface area contributed by atoms with Crippen LogP contribution < -0.4 is 5.32 Å². The molecule has 1 N–H and O–H groups in total. The molecule has 2 saturated heterocycles. The van der Waals surface area contributed by atoms with E-state index in [2.05, 4.69) is 20.3 Å². The molecule has 8 heteroatoms. The Morgan fingerprint density at radius 2 is 2.14 bits per heavy atom. The van der Waals surface area contributed by atoms with Crippen molar-refractivity contribution in [3.8, 4) is 0 Å². The van der Waals surface area contributed by atoms with Gasteiger partial charge in [0.15, 0.2) is 5.65 Å². The summed E-state index contributed by atoms with van der Waals surface area (Å²) in [6, 6.07) is 5.77. The molecule has 0 bridgehead atoms. The maximum absolute atomic E-state index is 13.0. The fourth-order valence-corrected chi connectivity index (χ4v) is 4.20. The van der Waals surface area contributed by atoms with Gasteiger partial charge in [0.1, 0.15) is 5.52 Å². The third-order valence-electron chi connectivity index (χ3n) is 5.87. The van der Waals surface area contributed by atoms with Crippen molar-refractivity contribution in [2.75, 3.05) is 32.8 Å². The van der Waals surface area contributed by atoms with E-state index in [0.717, 1.165) is 49.3 Å². The monoisotopic (exact) mass is 392 g/mol. The van der Waals surface area contributed by atoms with Gasteiger partial charge in [-0.1, -0.05) is 6.07 Å². The topological polar surface area (TPSA) is 85.2 Å². The molecular formula is C21H24N6O2. The van der Waals surface area contributed by atoms with Gasteiger partial charge in [-0.15, -0.1) is 0 Å². The van der Waals surface area contributed by atoms with Crippen LogP contribution in [0.5, 0.6) is 0 Å². The Morgan fingerprint density at radius 3 is 2.90 bits per heavy atom. The summed E-state index contributed by atoms with van der Waals surface area (Å²) in [7, 11) is 0. The number of amides is 1. The van der Waals surface area contributed by atoms with Gasteiger partial charge in [-0.2, -0.15) is 0 Å². The number of nitrogens with one attached hydrogen (secondary N) is 1. The summed E-state index contributed by atoms with van der Waals surface area (Å²) in [6.07, 6.45) is 8.73. The normalized spacial score (nSPS) is 19.0. The Kier molecular flexibility index (Phi) is 4.73. The second kappa shape index (κ2) is 7.53. The van der Waals surface area contributed by atoms with Crippen LogP contribution in [-0.4, -0.2) is 68.7 Å². The van der Waals surface area contributed by atoms with Gasteiger partial charge >= 0.3 is 0 Å². The first-order chi connectivity index (χ1) is 14.2. The van der Waals surface area contributed by atoms with Crippen molar-refractivity contribution in [1.82, 2.24) is 29.7 Å². The third-order valence-corrected chi connectivity index (χ3v) is 5.87. The maximum Gasteiger partial charge on any atom is 0.255 e. The predicted octanol–water partition coefficient (Wildman–Crippen LogP) is 1.47. The molecule has 8 nitrogen and oxygen atoms in total. The minimum atomic E-state index is -0.109. The van der Waals surface area contributed by atoms with E-state index in [4.69, 9.17) is 4.74 Å². The van der Waals surface area contributed by atoms with Crippen LogP contribution in [0.4, 0.5) is 0 Å². The molecule has 0 unspecified atom stereocenters. The quantitative estimate of drug-likeness (QED) is 0.727. The molecule has 5 rings (SSSR count). The summed E-state index contributed by atoms with van der Waals surface area (Å²) < 4.78 is 7.99. The molecular weight excluding hydrogens is 368 g/mol. The molecule has 0 radical (unpaired) electrons. The molecule has 5 heterocycles. The predicted molar refractivity (Wildman–Crippen MR) is 108 cm³/mol. The molecule has 3 aromatic rings. The van der Waals surface area contributed by atoms with Gasteiger partial charge in [0.2, 0.25) is 0 Å². The Labute approximate surface area is 168 Å². The first-order valence-corrected chi connectivity index (χ1v) is 10.1. The Morgan fingerprint density at radius 1 is 1.24 bits per heavy atom. The molecule has 29 heavy (non-hydrogen) atoms. The van der Waals surface area contributed by atoms with Crippen molar-refractivity contribution >= 4 is 17.1 Å². The van der Waals surface area contributed by atoms with Gasteiger partial charge in [0, 0.05) is 44.8 Å². The highest BCUT2D eigenvalue weighted by molar-refractivity contribution is 5.96. The zero-order chi connectivity index (χ0) is 19.7. The number of ether oxygens (including phenoxy) is 1. The van der Waals surface area contributed by atoms with E-state index < -0.39 is 0 Å². The lowest BCUT2D eigenvalue weighted by atomic mass is 9.90. The molecule has 2 aliphatic rings. The molecule has 0 saturated carbocycles. The number of carbonyl (C=O) groups excluding carboxylic acids is 1. The second-order valence-electron chi connectivity index (χ2n) is 7.80. The molecule has 3 aromatic heterocycles. The number of nitrogens with zero attached hydrogens (tertiary/aromatic N) is 5. The number of likely N-dealkylation sites (tertiary alicyclic amines) is 1. The van der Waals surface area contributed by atoms with Gasteiger partial charge in [0.05, 0.1) is 30.6 Å². The number of morpholine rings is 1. The Balaban J connectivity index is 1.30. The summed E-state index contributed by atoms with van der Waals surface area (Å²) >= 11 is 0. The highest BCUT2D eigenvalue weighted by Gasteiger charge is 2.38. The largest absolute Gasteiger partial charge is 0.372 e. The van der Waals surface area contributed by atoms with E-state index in [1.54, 1.807) is 18.7 Å². The summed E-state index contributed by atoms with van der Waals surface area (Å²) in [5.74, 6) is 0.0137. The lowest BCUT2D eigenvalue weighted by Crippen LogP contribution is -2.56. The van der Waals surface area contributed by atoms with E-state index in [9.17, 15) is 4.79 Å². The van der Waals surface area contributed by atoms with Crippen LogP contribution >= 0.6 is 0 Å². The zero-order valence-electron chi connectivity index (χ0n) is 16.3. The number of piperidine rings is 1. The van der Waals surface area contributed by atoms with Gasteiger partial charge in [0.25, 0.3) is 5.91 Å². The summed E-state index contributed by atoms with van der Waals surface area (Å²) in [4.78, 5) is 28.0. The minimum Gasteiger partial charge on any atom is -0.372 e. The number of carbonyl (C=O) groups is 1. The van der Waals surface area contributed by atoms with Gasteiger partial charge < -0.3 is 19.5 Å². The van der Waals surface area contributed by atoms with Crippen molar-refractivity contribution in [2.24, 2.45) is 0 Å². The van der Waals surface area contributed by atoms with Crippen LogP contribution in [0.2, 0.25) is 0 Å². The van der Waals surface area contributed by atoms with E-state index in [-0.39, 0.29) is 11.5 Å². The lowest BCUT2D eigenvalue weighted by Gasteiger charge is -2.44. The highest BCUT2D eigenvalue weighted by Crippen LogP contribution is 2.28. The van der Waals surface area contributed by atoms with Gasteiger partial charge in [-0.3, -0.25) is 9.78 Å². The number of aromatic nitrogens is 4. The second-order valence-corrected chi connectivity index (χ2v) is 7.80. The zero-order valence-corrected chi connectivity index (χ0v) is 16.3. The first kappa shape index (κ1) is 18.2. The van der Waals surface area contributed by atoms with Crippen LogP contribution in [-0.2, 0) is 11.3 Å². The highest BCUT2D eigenvalue weighted by atomic mass is 16.5. The minimum absolute atomic E-state index is 0.0137. The molecule has 0 aliphatic carbocycles. The van der Waals surface area contributed by atoms with Crippen LogP contribution in [0.1, 0.15) is 28.8 Å². The van der Waals surface area contributed by atoms with Crippen molar-refractivity contribution in [1.29, 1.82) is 0 Å². The molecule has 2 aliphatic heterocycles. The smallest absolute Gasteiger partial charge is 0.255 e. The van der Waals surface area contributed by atoms with Crippen LogP contribution in [0.25, 0.3) is 11.2 Å². The summed E-state index contributed by atoms with van der Waals surface area (Å²) in [5.41, 5.74) is 3.05.